The third-order valence-electron chi connectivity index (χ3n) is 3.65. The molecule has 104 valence electrons. The normalized spacial score (nSPS) is 13.0. The minimum atomic E-state index is 0.380. The summed E-state index contributed by atoms with van der Waals surface area (Å²) in [5, 5.41) is 29.6. The number of rotatable bonds is 3. The van der Waals surface area contributed by atoms with Crippen molar-refractivity contribution in [3.63, 3.8) is 0 Å². The van der Waals surface area contributed by atoms with Gasteiger partial charge in [0, 0.05) is 18.7 Å². The summed E-state index contributed by atoms with van der Waals surface area (Å²) >= 11 is 0. The second kappa shape index (κ2) is 5.64. The van der Waals surface area contributed by atoms with Crippen molar-refractivity contribution < 1.29 is 0 Å². The fourth-order valence-electron chi connectivity index (χ4n) is 2.52. The van der Waals surface area contributed by atoms with E-state index in [9.17, 15) is 0 Å². The molecule has 1 aliphatic heterocycles. The average Bonchev–Trinajstić information content (AvgIpc) is 2.96. The Morgan fingerprint density at radius 3 is 2.81 bits per heavy atom. The first kappa shape index (κ1) is 13.1. The number of nitrogens with zero attached hydrogens (tertiary/aromatic N) is 5. The van der Waals surface area contributed by atoms with Crippen molar-refractivity contribution in [3.8, 4) is 12.1 Å². The molecule has 0 aliphatic carbocycles. The predicted octanol–water partition coefficient (Wildman–Crippen LogP) is 1.97. The summed E-state index contributed by atoms with van der Waals surface area (Å²) < 4.78 is 2.16. The lowest BCUT2D eigenvalue weighted by atomic mass is 10.1. The van der Waals surface area contributed by atoms with E-state index in [1.54, 1.807) is 18.2 Å². The molecule has 3 rings (SSSR count). The smallest absolute Gasteiger partial charge is 0.152 e. The van der Waals surface area contributed by atoms with E-state index in [-0.39, 0.29) is 0 Å². The van der Waals surface area contributed by atoms with Crippen LogP contribution >= 0.6 is 0 Å². The first-order valence-electron chi connectivity index (χ1n) is 6.91. The van der Waals surface area contributed by atoms with Gasteiger partial charge in [-0.2, -0.15) is 10.5 Å². The molecule has 0 radical (unpaired) electrons. The number of fused-ring (bicyclic) bond motifs is 1. The molecule has 0 bridgehead atoms. The molecular formula is C15H14N6. The Hall–Kier alpha value is -2.86. The summed E-state index contributed by atoms with van der Waals surface area (Å²) in [6.07, 6.45) is 3.32. The lowest BCUT2D eigenvalue weighted by Gasteiger charge is -2.15. The molecular weight excluding hydrogens is 264 g/mol. The van der Waals surface area contributed by atoms with Crippen LogP contribution in [0, 0.1) is 22.7 Å². The second-order valence-corrected chi connectivity index (χ2v) is 4.98. The lowest BCUT2D eigenvalue weighted by molar-refractivity contribution is 0.510. The first-order valence-corrected chi connectivity index (χ1v) is 6.91. The number of nitriles is 2. The molecule has 0 saturated carbocycles. The highest BCUT2D eigenvalue weighted by Gasteiger charge is 2.15. The maximum atomic E-state index is 9.03. The molecule has 6 nitrogen and oxygen atoms in total. The average molecular weight is 278 g/mol. The number of benzene rings is 1. The van der Waals surface area contributed by atoms with Crippen molar-refractivity contribution in [1.29, 1.82) is 10.5 Å². The Morgan fingerprint density at radius 2 is 2.00 bits per heavy atom. The number of aryl methyl sites for hydroxylation is 1. The van der Waals surface area contributed by atoms with Gasteiger partial charge >= 0.3 is 0 Å². The fourth-order valence-corrected chi connectivity index (χ4v) is 2.52. The molecule has 1 aromatic carbocycles. The van der Waals surface area contributed by atoms with Crippen molar-refractivity contribution in [3.05, 3.63) is 41.0 Å². The van der Waals surface area contributed by atoms with Crippen LogP contribution in [0.2, 0.25) is 0 Å². The number of nitrogens with one attached hydrogen (secondary N) is 1. The molecule has 2 heterocycles. The van der Waals surface area contributed by atoms with Gasteiger partial charge in [-0.05, 0) is 31.0 Å². The monoisotopic (exact) mass is 278 g/mol. The van der Waals surface area contributed by atoms with Crippen LogP contribution in [0.4, 0.5) is 5.69 Å². The SMILES string of the molecule is N#Cc1ccc(NCc2nnc3n2CCCC3)cc1C#N. The molecule has 2 aromatic rings. The summed E-state index contributed by atoms with van der Waals surface area (Å²) in [7, 11) is 0. The van der Waals surface area contributed by atoms with Gasteiger partial charge in [0.1, 0.15) is 18.0 Å². The van der Waals surface area contributed by atoms with Crippen LogP contribution in [0.1, 0.15) is 35.6 Å². The van der Waals surface area contributed by atoms with Crippen LogP contribution < -0.4 is 5.32 Å². The Bertz CT molecular complexity index is 746. The zero-order valence-corrected chi connectivity index (χ0v) is 11.5. The standard InChI is InChI=1S/C15H14N6/c16-8-11-4-5-13(7-12(11)9-17)18-10-15-20-19-14-3-1-2-6-21(14)15/h4-5,7,18H,1-3,6,10H2. The molecule has 21 heavy (non-hydrogen) atoms. The maximum absolute atomic E-state index is 9.03. The van der Waals surface area contributed by atoms with Crippen molar-refractivity contribution in [2.75, 3.05) is 5.32 Å². The van der Waals surface area contributed by atoms with Gasteiger partial charge < -0.3 is 9.88 Å². The van der Waals surface area contributed by atoms with Crippen molar-refractivity contribution in [1.82, 2.24) is 14.8 Å². The van der Waals surface area contributed by atoms with Gasteiger partial charge in [-0.1, -0.05) is 0 Å². The summed E-state index contributed by atoms with van der Waals surface area (Å²) in [4.78, 5) is 0. The van der Waals surface area contributed by atoms with E-state index in [0.717, 1.165) is 36.7 Å². The molecule has 0 unspecified atom stereocenters. The van der Waals surface area contributed by atoms with E-state index in [4.69, 9.17) is 10.5 Å². The predicted molar refractivity (Wildman–Crippen MR) is 76.2 cm³/mol. The van der Waals surface area contributed by atoms with Crippen LogP contribution in [0.3, 0.4) is 0 Å². The molecule has 6 heteroatoms. The number of hydrogen-bond acceptors (Lipinski definition) is 5. The topological polar surface area (TPSA) is 90.3 Å². The molecule has 1 aliphatic rings. The Balaban J connectivity index is 1.75. The molecule has 1 N–H and O–H groups in total. The van der Waals surface area contributed by atoms with E-state index in [0.29, 0.717) is 17.7 Å². The van der Waals surface area contributed by atoms with E-state index in [1.165, 1.54) is 6.42 Å². The van der Waals surface area contributed by atoms with Crippen LogP contribution in [0.5, 0.6) is 0 Å². The summed E-state index contributed by atoms with van der Waals surface area (Å²) in [5.41, 5.74) is 1.58. The third-order valence-corrected chi connectivity index (χ3v) is 3.65. The number of aromatic nitrogens is 3. The van der Waals surface area contributed by atoms with Crippen LogP contribution in [-0.2, 0) is 19.5 Å². The van der Waals surface area contributed by atoms with Gasteiger partial charge in [-0.15, -0.1) is 10.2 Å². The van der Waals surface area contributed by atoms with E-state index >= 15 is 0 Å². The van der Waals surface area contributed by atoms with Gasteiger partial charge in [0.15, 0.2) is 5.82 Å². The zero-order valence-electron chi connectivity index (χ0n) is 11.5. The Labute approximate surface area is 122 Å². The maximum Gasteiger partial charge on any atom is 0.152 e. The lowest BCUT2D eigenvalue weighted by Crippen LogP contribution is -2.15. The van der Waals surface area contributed by atoms with Crippen LogP contribution in [-0.4, -0.2) is 14.8 Å². The highest BCUT2D eigenvalue weighted by Crippen LogP contribution is 2.17. The van der Waals surface area contributed by atoms with Gasteiger partial charge in [-0.25, -0.2) is 0 Å². The largest absolute Gasteiger partial charge is 0.378 e. The van der Waals surface area contributed by atoms with E-state index < -0.39 is 0 Å². The summed E-state index contributed by atoms with van der Waals surface area (Å²) in [6.45, 7) is 1.53. The minimum Gasteiger partial charge on any atom is -0.378 e. The molecule has 0 fully saturated rings. The highest BCUT2D eigenvalue weighted by atomic mass is 15.3. The summed E-state index contributed by atoms with van der Waals surface area (Å²) in [6, 6.07) is 9.18. The highest BCUT2D eigenvalue weighted by molar-refractivity contribution is 5.56. The second-order valence-electron chi connectivity index (χ2n) is 4.98. The van der Waals surface area contributed by atoms with Gasteiger partial charge in [0.25, 0.3) is 0 Å². The molecule has 0 spiro atoms. The third kappa shape index (κ3) is 2.56. The fraction of sp³-hybridized carbons (Fsp3) is 0.333. The van der Waals surface area contributed by atoms with E-state index in [2.05, 4.69) is 20.1 Å². The molecule has 0 saturated heterocycles. The van der Waals surface area contributed by atoms with Gasteiger partial charge in [-0.3, -0.25) is 0 Å². The van der Waals surface area contributed by atoms with Crippen LogP contribution in [0.15, 0.2) is 18.2 Å². The van der Waals surface area contributed by atoms with E-state index in [1.807, 2.05) is 12.1 Å². The Morgan fingerprint density at radius 1 is 1.14 bits per heavy atom. The quantitative estimate of drug-likeness (QED) is 0.926. The summed E-state index contributed by atoms with van der Waals surface area (Å²) in [5.74, 6) is 1.96. The van der Waals surface area contributed by atoms with Crippen molar-refractivity contribution in [2.24, 2.45) is 0 Å². The van der Waals surface area contributed by atoms with Crippen molar-refractivity contribution in [2.45, 2.75) is 32.4 Å². The van der Waals surface area contributed by atoms with Crippen molar-refractivity contribution >= 4 is 5.69 Å². The first-order chi connectivity index (χ1) is 10.3. The molecule has 0 amide bonds. The number of hydrogen-bond donors (Lipinski definition) is 1. The molecule has 1 aromatic heterocycles. The number of anilines is 1. The minimum absolute atomic E-state index is 0.380. The molecule has 0 atom stereocenters. The van der Waals surface area contributed by atoms with Gasteiger partial charge in [0.2, 0.25) is 0 Å². The zero-order chi connectivity index (χ0) is 14.7. The van der Waals surface area contributed by atoms with Gasteiger partial charge in [0.05, 0.1) is 17.7 Å². The van der Waals surface area contributed by atoms with Crippen LogP contribution in [0.25, 0.3) is 0 Å². The Kier molecular flexibility index (Phi) is 3.53.